The van der Waals surface area contributed by atoms with Crippen LogP contribution in [-0.2, 0) is 10.0 Å². The van der Waals surface area contributed by atoms with Crippen LogP contribution in [0.15, 0.2) is 45.8 Å². The minimum absolute atomic E-state index is 0.0121. The smallest absolute Gasteiger partial charge is 0.265 e. The van der Waals surface area contributed by atoms with Gasteiger partial charge in [0.15, 0.2) is 0 Å². The van der Waals surface area contributed by atoms with Crippen molar-refractivity contribution in [3.8, 4) is 6.07 Å². The lowest BCUT2D eigenvalue weighted by Gasteiger charge is -2.12. The highest BCUT2D eigenvalue weighted by Crippen LogP contribution is 2.30. The Morgan fingerprint density at radius 2 is 2.00 bits per heavy atom. The molecule has 0 spiro atoms. The third-order valence-electron chi connectivity index (χ3n) is 2.61. The molecule has 2 aromatic carbocycles. The molecule has 108 valence electrons. The van der Waals surface area contributed by atoms with Gasteiger partial charge in [0.1, 0.15) is 11.0 Å². The van der Waals surface area contributed by atoms with E-state index in [1.54, 1.807) is 12.1 Å². The Morgan fingerprint density at radius 3 is 2.62 bits per heavy atom. The molecule has 0 fully saturated rings. The van der Waals surface area contributed by atoms with E-state index in [1.165, 1.54) is 24.3 Å². The standard InChI is InChI=1S/C13H9BrClN3O2S/c14-9-4-5-12(8(6-9)7-16)18-21(19,20)13-10(15)2-1-3-11(13)17/h1-6,18H,17H2. The summed E-state index contributed by atoms with van der Waals surface area (Å²) in [4.78, 5) is -0.210. The molecule has 0 aliphatic heterocycles. The second-order valence-electron chi connectivity index (χ2n) is 4.07. The van der Waals surface area contributed by atoms with Crippen LogP contribution in [0, 0.1) is 11.3 Å². The zero-order valence-corrected chi connectivity index (χ0v) is 13.6. The van der Waals surface area contributed by atoms with Crippen LogP contribution in [0.3, 0.4) is 0 Å². The van der Waals surface area contributed by atoms with Crippen molar-refractivity contribution in [2.75, 3.05) is 10.5 Å². The summed E-state index contributed by atoms with van der Waals surface area (Å²) in [6.45, 7) is 0. The summed E-state index contributed by atoms with van der Waals surface area (Å²) in [5, 5.41) is 9.08. The number of nitrogens with one attached hydrogen (secondary N) is 1. The Kier molecular flexibility index (Phi) is 4.42. The maximum absolute atomic E-state index is 12.4. The molecule has 21 heavy (non-hydrogen) atoms. The molecule has 0 aromatic heterocycles. The molecule has 2 rings (SSSR count). The molecule has 0 aliphatic carbocycles. The molecule has 0 atom stereocenters. The van der Waals surface area contributed by atoms with Gasteiger partial charge in [-0.1, -0.05) is 33.6 Å². The van der Waals surface area contributed by atoms with Crippen molar-refractivity contribution in [3.05, 3.63) is 51.5 Å². The maximum Gasteiger partial charge on any atom is 0.265 e. The van der Waals surface area contributed by atoms with Gasteiger partial charge < -0.3 is 5.73 Å². The molecule has 8 heteroatoms. The molecule has 0 amide bonds. The first-order valence-electron chi connectivity index (χ1n) is 5.61. The summed E-state index contributed by atoms with van der Waals surface area (Å²) < 4.78 is 27.8. The number of sulfonamides is 1. The zero-order valence-electron chi connectivity index (χ0n) is 10.5. The average molecular weight is 387 g/mol. The van der Waals surface area contributed by atoms with Crippen LogP contribution in [0.4, 0.5) is 11.4 Å². The Morgan fingerprint density at radius 1 is 1.29 bits per heavy atom. The van der Waals surface area contributed by atoms with Crippen LogP contribution < -0.4 is 10.5 Å². The van der Waals surface area contributed by atoms with Crippen LogP contribution in [0.2, 0.25) is 5.02 Å². The fourth-order valence-electron chi connectivity index (χ4n) is 1.70. The van der Waals surface area contributed by atoms with E-state index in [4.69, 9.17) is 22.6 Å². The largest absolute Gasteiger partial charge is 0.398 e. The lowest BCUT2D eigenvalue weighted by Crippen LogP contribution is -2.16. The van der Waals surface area contributed by atoms with Gasteiger partial charge in [-0.2, -0.15) is 5.26 Å². The summed E-state index contributed by atoms with van der Waals surface area (Å²) in [6.07, 6.45) is 0. The van der Waals surface area contributed by atoms with Crippen LogP contribution in [0.25, 0.3) is 0 Å². The highest BCUT2D eigenvalue weighted by atomic mass is 79.9. The van der Waals surface area contributed by atoms with Gasteiger partial charge in [-0.05, 0) is 30.3 Å². The molecule has 0 bridgehead atoms. The van der Waals surface area contributed by atoms with E-state index in [-0.39, 0.29) is 26.9 Å². The third kappa shape index (κ3) is 3.29. The SMILES string of the molecule is N#Cc1cc(Br)ccc1NS(=O)(=O)c1c(N)cccc1Cl. The minimum Gasteiger partial charge on any atom is -0.398 e. The van der Waals surface area contributed by atoms with E-state index in [0.29, 0.717) is 4.47 Å². The molecule has 0 unspecified atom stereocenters. The maximum atomic E-state index is 12.4. The highest BCUT2D eigenvalue weighted by molar-refractivity contribution is 9.10. The summed E-state index contributed by atoms with van der Waals surface area (Å²) in [6, 6.07) is 10.9. The van der Waals surface area contributed by atoms with Gasteiger partial charge >= 0.3 is 0 Å². The van der Waals surface area contributed by atoms with Crippen LogP contribution in [-0.4, -0.2) is 8.42 Å². The van der Waals surface area contributed by atoms with E-state index in [1.807, 2.05) is 6.07 Å². The zero-order chi connectivity index (χ0) is 15.6. The van der Waals surface area contributed by atoms with Gasteiger partial charge in [-0.3, -0.25) is 4.72 Å². The third-order valence-corrected chi connectivity index (χ3v) is 5.01. The van der Waals surface area contributed by atoms with Crippen molar-refractivity contribution in [2.45, 2.75) is 4.90 Å². The Balaban J connectivity index is 2.51. The fraction of sp³-hybridized carbons (Fsp3) is 0. The predicted octanol–water partition coefficient (Wildman–Crippen LogP) is 3.36. The Labute approximate surface area is 135 Å². The van der Waals surface area contributed by atoms with Gasteiger partial charge in [0.2, 0.25) is 0 Å². The molecule has 0 saturated heterocycles. The van der Waals surface area contributed by atoms with E-state index in [9.17, 15) is 8.42 Å². The van der Waals surface area contributed by atoms with Gasteiger partial charge in [-0.25, -0.2) is 8.42 Å². The summed E-state index contributed by atoms with van der Waals surface area (Å²) >= 11 is 9.12. The van der Waals surface area contributed by atoms with Gasteiger partial charge in [0, 0.05) is 4.47 Å². The molecule has 5 nitrogen and oxygen atoms in total. The molecule has 0 aliphatic rings. The monoisotopic (exact) mass is 385 g/mol. The Hall–Kier alpha value is -1.75. The van der Waals surface area contributed by atoms with Crippen LogP contribution >= 0.6 is 27.5 Å². The van der Waals surface area contributed by atoms with Crippen molar-refractivity contribution in [2.24, 2.45) is 0 Å². The van der Waals surface area contributed by atoms with Crippen molar-refractivity contribution in [1.82, 2.24) is 0 Å². The van der Waals surface area contributed by atoms with E-state index >= 15 is 0 Å². The predicted molar refractivity (Wildman–Crippen MR) is 85.5 cm³/mol. The molecule has 2 aromatic rings. The number of nitrogens with two attached hydrogens (primary N) is 1. The number of rotatable bonds is 3. The number of nitriles is 1. The summed E-state index contributed by atoms with van der Waals surface area (Å²) in [7, 11) is -3.99. The van der Waals surface area contributed by atoms with Gasteiger partial charge in [0.25, 0.3) is 10.0 Å². The normalized spacial score (nSPS) is 10.9. The highest BCUT2D eigenvalue weighted by Gasteiger charge is 2.22. The molecule has 0 saturated carbocycles. The molecule has 0 heterocycles. The lowest BCUT2D eigenvalue weighted by atomic mass is 10.2. The van der Waals surface area contributed by atoms with E-state index in [2.05, 4.69) is 20.7 Å². The second-order valence-corrected chi connectivity index (χ2v) is 7.01. The Bertz CT molecular complexity index is 827. The first kappa shape index (κ1) is 15.6. The number of halogens is 2. The van der Waals surface area contributed by atoms with Crippen molar-refractivity contribution in [3.63, 3.8) is 0 Å². The van der Waals surface area contributed by atoms with E-state index < -0.39 is 10.0 Å². The molecule has 3 N–H and O–H groups in total. The van der Waals surface area contributed by atoms with Crippen molar-refractivity contribution in [1.29, 1.82) is 5.26 Å². The van der Waals surface area contributed by atoms with E-state index in [0.717, 1.165) is 0 Å². The molecular formula is C13H9BrClN3O2S. The molecular weight excluding hydrogens is 378 g/mol. The van der Waals surface area contributed by atoms with Crippen molar-refractivity contribution < 1.29 is 8.42 Å². The number of hydrogen-bond donors (Lipinski definition) is 2. The summed E-state index contributed by atoms with van der Waals surface area (Å²) in [5.41, 5.74) is 6.04. The first-order chi connectivity index (χ1) is 9.85. The number of hydrogen-bond acceptors (Lipinski definition) is 4. The second kappa shape index (κ2) is 5.93. The van der Waals surface area contributed by atoms with Crippen molar-refractivity contribution >= 4 is 48.9 Å². The fourth-order valence-corrected chi connectivity index (χ4v) is 3.82. The van der Waals surface area contributed by atoms with Gasteiger partial charge in [0.05, 0.1) is 22.0 Å². The number of nitrogens with zero attached hydrogens (tertiary/aromatic N) is 1. The number of nitrogen functional groups attached to an aromatic ring is 1. The van der Waals surface area contributed by atoms with Gasteiger partial charge in [-0.15, -0.1) is 0 Å². The minimum atomic E-state index is -3.99. The number of anilines is 2. The lowest BCUT2D eigenvalue weighted by molar-refractivity contribution is 0.601. The number of benzene rings is 2. The first-order valence-corrected chi connectivity index (χ1v) is 8.27. The van der Waals surface area contributed by atoms with Crippen LogP contribution in [0.5, 0.6) is 0 Å². The van der Waals surface area contributed by atoms with Crippen LogP contribution in [0.1, 0.15) is 5.56 Å². The quantitative estimate of drug-likeness (QED) is 0.791. The topological polar surface area (TPSA) is 96.0 Å². The molecule has 0 radical (unpaired) electrons. The average Bonchev–Trinajstić information content (AvgIpc) is 2.40. The summed E-state index contributed by atoms with van der Waals surface area (Å²) in [5.74, 6) is 0.